The van der Waals surface area contributed by atoms with Crippen molar-refractivity contribution in [1.29, 1.82) is 0 Å². The van der Waals surface area contributed by atoms with Crippen LogP contribution in [0.5, 0.6) is 0 Å². The highest BCUT2D eigenvalue weighted by atomic mass is 35.5. The van der Waals surface area contributed by atoms with Crippen LogP contribution in [-0.2, 0) is 0 Å². The lowest BCUT2D eigenvalue weighted by Gasteiger charge is -2.21. The van der Waals surface area contributed by atoms with Gasteiger partial charge in [-0.25, -0.2) is 4.98 Å². The van der Waals surface area contributed by atoms with Crippen LogP contribution in [0.25, 0.3) is 0 Å². The van der Waals surface area contributed by atoms with Crippen LogP contribution in [0.1, 0.15) is 33.1 Å². The maximum Gasteiger partial charge on any atom is 0.0960 e. The molecule has 0 unspecified atom stereocenters. The fourth-order valence-corrected chi connectivity index (χ4v) is 2.39. The lowest BCUT2D eigenvalue weighted by atomic mass is 9.88. The number of hydrogen-bond donors (Lipinski definition) is 1. The topological polar surface area (TPSA) is 38.9 Å². The smallest absolute Gasteiger partial charge is 0.0960 e. The lowest BCUT2D eigenvalue weighted by molar-refractivity contribution is 0.336. The summed E-state index contributed by atoms with van der Waals surface area (Å²) in [7, 11) is 0. The molecule has 1 aromatic rings. The highest BCUT2D eigenvalue weighted by Gasteiger charge is 2.14. The molecule has 96 valence electrons. The summed E-state index contributed by atoms with van der Waals surface area (Å²) < 4.78 is 0. The van der Waals surface area contributed by atoms with Gasteiger partial charge in [0.25, 0.3) is 0 Å². The summed E-state index contributed by atoms with van der Waals surface area (Å²) in [6.45, 7) is 5.21. The normalized spacial score (nSPS) is 11.8. The van der Waals surface area contributed by atoms with Crippen molar-refractivity contribution < 1.29 is 0 Å². The molecular weight excluding hydrogens is 252 g/mol. The van der Waals surface area contributed by atoms with Crippen LogP contribution in [0, 0.1) is 5.41 Å². The van der Waals surface area contributed by atoms with Crippen molar-refractivity contribution in [1.82, 2.24) is 4.98 Å². The van der Waals surface area contributed by atoms with E-state index in [9.17, 15) is 0 Å². The second kappa shape index (κ2) is 7.24. The Hall–Kier alpha value is -0.250. The third-order valence-corrected chi connectivity index (χ3v) is 4.00. The SMILES string of the molecule is CC(C)(CN)CCCCSc1ccc(Cl)cn1. The Kier molecular flexibility index (Phi) is 6.31. The zero-order chi connectivity index (χ0) is 12.7. The molecule has 0 amide bonds. The molecule has 0 aromatic carbocycles. The Morgan fingerprint density at radius 3 is 2.71 bits per heavy atom. The quantitative estimate of drug-likeness (QED) is 0.603. The highest BCUT2D eigenvalue weighted by Crippen LogP contribution is 2.23. The standard InChI is InChI=1S/C13H21ClN2S/c1-13(2,10-15)7-3-4-8-17-12-6-5-11(14)9-16-12/h5-6,9H,3-4,7-8,10,15H2,1-2H3. The minimum Gasteiger partial charge on any atom is -0.330 e. The predicted octanol–water partition coefficient (Wildman–Crippen LogP) is 3.98. The van der Waals surface area contributed by atoms with Crippen LogP contribution in [0.15, 0.2) is 23.4 Å². The zero-order valence-corrected chi connectivity index (χ0v) is 12.2. The van der Waals surface area contributed by atoms with Crippen molar-refractivity contribution in [2.24, 2.45) is 11.1 Å². The summed E-state index contributed by atoms with van der Waals surface area (Å²) in [4.78, 5) is 4.25. The Morgan fingerprint density at radius 1 is 1.35 bits per heavy atom. The average molecular weight is 273 g/mol. The summed E-state index contributed by atoms with van der Waals surface area (Å²) in [5.41, 5.74) is 5.98. The molecule has 0 bridgehead atoms. The van der Waals surface area contributed by atoms with Crippen LogP contribution in [0.3, 0.4) is 0 Å². The van der Waals surface area contributed by atoms with Crippen molar-refractivity contribution in [2.75, 3.05) is 12.3 Å². The molecule has 0 aliphatic heterocycles. The van der Waals surface area contributed by atoms with Gasteiger partial charge in [-0.3, -0.25) is 0 Å². The second-order valence-corrected chi connectivity index (χ2v) is 6.54. The number of nitrogens with zero attached hydrogens (tertiary/aromatic N) is 1. The molecule has 17 heavy (non-hydrogen) atoms. The molecule has 1 aromatic heterocycles. The van der Waals surface area contributed by atoms with Crippen molar-refractivity contribution in [3.63, 3.8) is 0 Å². The molecular formula is C13H21ClN2S. The van der Waals surface area contributed by atoms with E-state index in [-0.39, 0.29) is 5.41 Å². The largest absolute Gasteiger partial charge is 0.330 e. The molecule has 2 N–H and O–H groups in total. The monoisotopic (exact) mass is 272 g/mol. The van der Waals surface area contributed by atoms with Gasteiger partial charge >= 0.3 is 0 Å². The maximum atomic E-state index is 5.78. The Morgan fingerprint density at radius 2 is 2.12 bits per heavy atom. The lowest BCUT2D eigenvalue weighted by Crippen LogP contribution is -2.23. The van der Waals surface area contributed by atoms with E-state index in [4.69, 9.17) is 17.3 Å². The van der Waals surface area contributed by atoms with Crippen LogP contribution >= 0.6 is 23.4 Å². The molecule has 1 heterocycles. The highest BCUT2D eigenvalue weighted by molar-refractivity contribution is 7.99. The van der Waals surface area contributed by atoms with E-state index in [2.05, 4.69) is 18.8 Å². The maximum absolute atomic E-state index is 5.78. The number of pyridine rings is 1. The number of hydrogen-bond acceptors (Lipinski definition) is 3. The molecule has 0 spiro atoms. The van der Waals surface area contributed by atoms with Gasteiger partial charge in [0.2, 0.25) is 0 Å². The number of halogens is 1. The number of thioether (sulfide) groups is 1. The van der Waals surface area contributed by atoms with Crippen LogP contribution < -0.4 is 5.73 Å². The van der Waals surface area contributed by atoms with Gasteiger partial charge in [-0.05, 0) is 42.7 Å². The molecule has 0 aliphatic rings. The van der Waals surface area contributed by atoms with E-state index >= 15 is 0 Å². The van der Waals surface area contributed by atoms with Crippen molar-refractivity contribution >= 4 is 23.4 Å². The first kappa shape index (κ1) is 14.8. The first-order chi connectivity index (χ1) is 8.03. The van der Waals surface area contributed by atoms with Crippen LogP contribution in [0.4, 0.5) is 0 Å². The average Bonchev–Trinajstić information content (AvgIpc) is 2.31. The van der Waals surface area contributed by atoms with Crippen molar-refractivity contribution in [2.45, 2.75) is 38.1 Å². The third-order valence-electron chi connectivity index (χ3n) is 2.75. The molecule has 0 saturated heterocycles. The van der Waals surface area contributed by atoms with Gasteiger partial charge in [0.1, 0.15) is 0 Å². The number of unbranched alkanes of at least 4 members (excludes halogenated alkanes) is 1. The van der Waals surface area contributed by atoms with Crippen molar-refractivity contribution in [3.8, 4) is 0 Å². The van der Waals surface area contributed by atoms with Crippen LogP contribution in [-0.4, -0.2) is 17.3 Å². The summed E-state index contributed by atoms with van der Waals surface area (Å²) >= 11 is 7.56. The summed E-state index contributed by atoms with van der Waals surface area (Å²) in [5.74, 6) is 1.11. The van der Waals surface area contributed by atoms with Crippen LogP contribution in [0.2, 0.25) is 5.02 Å². The minimum absolute atomic E-state index is 0.281. The van der Waals surface area contributed by atoms with Gasteiger partial charge in [0.05, 0.1) is 10.0 Å². The summed E-state index contributed by atoms with van der Waals surface area (Å²) in [6.07, 6.45) is 5.32. The third kappa shape index (κ3) is 6.29. The Balaban J connectivity index is 2.14. The first-order valence-electron chi connectivity index (χ1n) is 5.98. The van der Waals surface area contributed by atoms with E-state index in [1.54, 1.807) is 18.0 Å². The fourth-order valence-electron chi connectivity index (χ4n) is 1.43. The van der Waals surface area contributed by atoms with Gasteiger partial charge in [0.15, 0.2) is 0 Å². The first-order valence-corrected chi connectivity index (χ1v) is 7.34. The van der Waals surface area contributed by atoms with Gasteiger partial charge in [-0.2, -0.15) is 0 Å². The minimum atomic E-state index is 0.281. The van der Waals surface area contributed by atoms with Gasteiger partial charge in [-0.15, -0.1) is 11.8 Å². The Bertz CT molecular complexity index is 325. The molecule has 0 saturated carbocycles. The predicted molar refractivity (Wildman–Crippen MR) is 76.7 cm³/mol. The molecule has 0 atom stereocenters. The summed E-state index contributed by atoms with van der Waals surface area (Å²) in [6, 6.07) is 3.85. The van der Waals surface area contributed by atoms with E-state index in [1.807, 2.05) is 12.1 Å². The molecule has 4 heteroatoms. The number of nitrogens with two attached hydrogens (primary N) is 1. The van der Waals surface area contributed by atoms with E-state index < -0.39 is 0 Å². The van der Waals surface area contributed by atoms with Gasteiger partial charge in [0, 0.05) is 6.20 Å². The second-order valence-electron chi connectivity index (χ2n) is 4.99. The molecule has 0 fully saturated rings. The molecule has 0 radical (unpaired) electrons. The van der Waals surface area contributed by atoms with E-state index in [0.29, 0.717) is 5.02 Å². The molecule has 1 rings (SSSR count). The number of aromatic nitrogens is 1. The van der Waals surface area contributed by atoms with E-state index in [0.717, 1.165) is 17.3 Å². The van der Waals surface area contributed by atoms with Crippen molar-refractivity contribution in [3.05, 3.63) is 23.4 Å². The summed E-state index contributed by atoms with van der Waals surface area (Å²) in [5, 5.41) is 1.74. The van der Waals surface area contributed by atoms with E-state index in [1.165, 1.54) is 19.3 Å². The fraction of sp³-hybridized carbons (Fsp3) is 0.615. The Labute approximate surface area is 113 Å². The van der Waals surface area contributed by atoms with Gasteiger partial charge < -0.3 is 5.73 Å². The molecule has 0 aliphatic carbocycles. The zero-order valence-electron chi connectivity index (χ0n) is 10.6. The number of rotatable bonds is 7. The van der Waals surface area contributed by atoms with Gasteiger partial charge in [-0.1, -0.05) is 31.9 Å². The molecule has 2 nitrogen and oxygen atoms in total.